The molecule has 1 atom stereocenters. The highest BCUT2D eigenvalue weighted by Crippen LogP contribution is 2.32. The lowest BCUT2D eigenvalue weighted by Gasteiger charge is -2.28. The van der Waals surface area contributed by atoms with Crippen LogP contribution in [0.15, 0.2) is 18.2 Å². The number of nitrogens with one attached hydrogen (secondary N) is 1. The Kier molecular flexibility index (Phi) is 4.78. The SMILES string of the molecule is COc1cc([C@H]2CCN2)ccc1OC(C)=O.Cl. The summed E-state index contributed by atoms with van der Waals surface area (Å²) in [6, 6.07) is 6.04. The average molecular weight is 258 g/mol. The van der Waals surface area contributed by atoms with Crippen molar-refractivity contribution in [1.29, 1.82) is 0 Å². The number of carbonyl (C=O) groups is 1. The van der Waals surface area contributed by atoms with Crippen molar-refractivity contribution < 1.29 is 14.3 Å². The first-order valence-electron chi connectivity index (χ1n) is 5.30. The molecule has 1 saturated heterocycles. The van der Waals surface area contributed by atoms with E-state index in [1.165, 1.54) is 12.5 Å². The van der Waals surface area contributed by atoms with Crippen molar-refractivity contribution in [1.82, 2.24) is 5.32 Å². The van der Waals surface area contributed by atoms with Gasteiger partial charge in [0.2, 0.25) is 0 Å². The van der Waals surface area contributed by atoms with Crippen LogP contribution in [0.1, 0.15) is 24.9 Å². The fraction of sp³-hybridized carbons (Fsp3) is 0.417. The Hall–Kier alpha value is -1.26. The molecule has 0 radical (unpaired) electrons. The molecule has 1 fully saturated rings. The molecule has 0 aromatic heterocycles. The van der Waals surface area contributed by atoms with E-state index in [-0.39, 0.29) is 18.4 Å². The quantitative estimate of drug-likeness (QED) is 0.665. The van der Waals surface area contributed by atoms with E-state index in [1.54, 1.807) is 13.2 Å². The van der Waals surface area contributed by atoms with Crippen molar-refractivity contribution in [2.24, 2.45) is 0 Å². The third-order valence-corrected chi connectivity index (χ3v) is 2.67. The first kappa shape index (κ1) is 13.8. The molecule has 1 N–H and O–H groups in total. The molecule has 5 heteroatoms. The zero-order valence-electron chi connectivity index (χ0n) is 9.86. The number of benzene rings is 1. The van der Waals surface area contributed by atoms with Gasteiger partial charge >= 0.3 is 5.97 Å². The van der Waals surface area contributed by atoms with E-state index in [2.05, 4.69) is 5.32 Å². The van der Waals surface area contributed by atoms with Crippen LogP contribution in [0.3, 0.4) is 0 Å². The van der Waals surface area contributed by atoms with Crippen LogP contribution in [0, 0.1) is 0 Å². The van der Waals surface area contributed by atoms with Gasteiger partial charge in [-0.25, -0.2) is 0 Å². The van der Waals surface area contributed by atoms with Gasteiger partial charge in [0, 0.05) is 13.0 Å². The van der Waals surface area contributed by atoms with Crippen molar-refractivity contribution >= 4 is 18.4 Å². The number of esters is 1. The maximum atomic E-state index is 10.9. The predicted molar refractivity (Wildman–Crippen MR) is 66.9 cm³/mol. The minimum absolute atomic E-state index is 0. The van der Waals surface area contributed by atoms with Crippen LogP contribution in [-0.4, -0.2) is 19.6 Å². The number of hydrogen-bond donors (Lipinski definition) is 1. The normalized spacial score (nSPS) is 17.6. The Balaban J connectivity index is 0.00000144. The van der Waals surface area contributed by atoms with Crippen molar-refractivity contribution in [3.63, 3.8) is 0 Å². The summed E-state index contributed by atoms with van der Waals surface area (Å²) < 4.78 is 10.2. The van der Waals surface area contributed by atoms with Crippen LogP contribution in [0.4, 0.5) is 0 Å². The number of ether oxygens (including phenoxy) is 2. The van der Waals surface area contributed by atoms with Crippen LogP contribution in [0.2, 0.25) is 0 Å². The number of hydrogen-bond acceptors (Lipinski definition) is 4. The van der Waals surface area contributed by atoms with E-state index in [4.69, 9.17) is 9.47 Å². The number of methoxy groups -OCH3 is 1. The molecule has 0 unspecified atom stereocenters. The van der Waals surface area contributed by atoms with Crippen LogP contribution >= 0.6 is 12.4 Å². The topological polar surface area (TPSA) is 47.6 Å². The third kappa shape index (κ3) is 3.11. The highest BCUT2D eigenvalue weighted by atomic mass is 35.5. The predicted octanol–water partition coefficient (Wildman–Crippen LogP) is 2.08. The Morgan fingerprint density at radius 2 is 2.12 bits per heavy atom. The van der Waals surface area contributed by atoms with Crippen molar-refractivity contribution in [3.05, 3.63) is 23.8 Å². The van der Waals surface area contributed by atoms with Gasteiger partial charge < -0.3 is 14.8 Å². The standard InChI is InChI=1S/C12H15NO3.ClH/c1-8(14)16-11-4-3-9(7-12(11)15-2)10-5-6-13-10;/h3-4,7,10,13H,5-6H2,1-2H3;1H/t10-;/m1./s1. The van der Waals surface area contributed by atoms with Gasteiger partial charge in [-0.05, 0) is 30.7 Å². The summed E-state index contributed by atoms with van der Waals surface area (Å²) in [6.07, 6.45) is 1.13. The van der Waals surface area contributed by atoms with E-state index in [0.29, 0.717) is 17.5 Å². The van der Waals surface area contributed by atoms with Crippen molar-refractivity contribution in [3.8, 4) is 11.5 Å². The number of rotatable bonds is 3. The first-order chi connectivity index (χ1) is 7.70. The Morgan fingerprint density at radius 3 is 2.59 bits per heavy atom. The van der Waals surface area contributed by atoms with Gasteiger partial charge in [-0.3, -0.25) is 4.79 Å². The summed E-state index contributed by atoms with van der Waals surface area (Å²) >= 11 is 0. The summed E-state index contributed by atoms with van der Waals surface area (Å²) in [6.45, 7) is 2.43. The number of carbonyl (C=O) groups excluding carboxylic acids is 1. The molecule has 2 rings (SSSR count). The van der Waals surface area contributed by atoms with E-state index in [9.17, 15) is 4.79 Å². The zero-order chi connectivity index (χ0) is 11.5. The molecule has 1 aromatic carbocycles. The maximum Gasteiger partial charge on any atom is 0.308 e. The average Bonchev–Trinajstić information content (AvgIpc) is 2.16. The fourth-order valence-electron chi connectivity index (χ4n) is 1.71. The Bertz CT molecular complexity index is 405. The van der Waals surface area contributed by atoms with E-state index >= 15 is 0 Å². The van der Waals surface area contributed by atoms with Gasteiger partial charge in [0.25, 0.3) is 0 Å². The molecular weight excluding hydrogens is 242 g/mol. The monoisotopic (exact) mass is 257 g/mol. The van der Waals surface area contributed by atoms with Crippen LogP contribution < -0.4 is 14.8 Å². The van der Waals surface area contributed by atoms with Gasteiger partial charge in [0.1, 0.15) is 0 Å². The fourth-order valence-corrected chi connectivity index (χ4v) is 1.71. The number of halogens is 1. The lowest BCUT2D eigenvalue weighted by atomic mass is 9.98. The maximum absolute atomic E-state index is 10.9. The van der Waals surface area contributed by atoms with Crippen LogP contribution in [0.5, 0.6) is 11.5 Å². The molecule has 1 aliphatic heterocycles. The molecule has 1 aliphatic rings. The second-order valence-electron chi connectivity index (χ2n) is 3.80. The molecule has 0 bridgehead atoms. The molecule has 0 saturated carbocycles. The van der Waals surface area contributed by atoms with Gasteiger partial charge in [-0.2, -0.15) is 0 Å². The summed E-state index contributed by atoms with van der Waals surface area (Å²) in [5, 5.41) is 3.31. The molecule has 4 nitrogen and oxygen atoms in total. The molecule has 1 heterocycles. The molecule has 0 spiro atoms. The van der Waals surface area contributed by atoms with E-state index in [1.807, 2.05) is 12.1 Å². The third-order valence-electron chi connectivity index (χ3n) is 2.67. The summed E-state index contributed by atoms with van der Waals surface area (Å²) in [4.78, 5) is 10.9. The Morgan fingerprint density at radius 1 is 1.41 bits per heavy atom. The van der Waals surface area contributed by atoms with Crippen LogP contribution in [0.25, 0.3) is 0 Å². The minimum Gasteiger partial charge on any atom is -0.493 e. The van der Waals surface area contributed by atoms with Gasteiger partial charge in [-0.15, -0.1) is 12.4 Å². The van der Waals surface area contributed by atoms with Crippen molar-refractivity contribution in [2.75, 3.05) is 13.7 Å². The molecule has 94 valence electrons. The molecular formula is C12H16ClNO3. The molecule has 0 aliphatic carbocycles. The minimum atomic E-state index is -0.340. The van der Waals surface area contributed by atoms with E-state index < -0.39 is 0 Å². The second-order valence-corrected chi connectivity index (χ2v) is 3.80. The molecule has 1 aromatic rings. The van der Waals surface area contributed by atoms with Gasteiger partial charge in [0.15, 0.2) is 11.5 Å². The highest BCUT2D eigenvalue weighted by molar-refractivity contribution is 5.85. The lowest BCUT2D eigenvalue weighted by Crippen LogP contribution is -2.34. The summed E-state index contributed by atoms with van der Waals surface area (Å²) in [5.41, 5.74) is 1.17. The van der Waals surface area contributed by atoms with Gasteiger partial charge in [-0.1, -0.05) is 6.07 Å². The van der Waals surface area contributed by atoms with Crippen LogP contribution in [-0.2, 0) is 4.79 Å². The zero-order valence-corrected chi connectivity index (χ0v) is 10.7. The summed E-state index contributed by atoms with van der Waals surface area (Å²) in [7, 11) is 1.57. The first-order valence-corrected chi connectivity index (χ1v) is 5.30. The molecule has 0 amide bonds. The van der Waals surface area contributed by atoms with Gasteiger partial charge in [0.05, 0.1) is 7.11 Å². The smallest absolute Gasteiger partial charge is 0.308 e. The Labute approximate surface area is 107 Å². The highest BCUT2D eigenvalue weighted by Gasteiger charge is 2.20. The van der Waals surface area contributed by atoms with E-state index in [0.717, 1.165) is 13.0 Å². The van der Waals surface area contributed by atoms with Crippen molar-refractivity contribution in [2.45, 2.75) is 19.4 Å². The molecule has 17 heavy (non-hydrogen) atoms. The lowest BCUT2D eigenvalue weighted by molar-refractivity contribution is -0.132. The largest absolute Gasteiger partial charge is 0.493 e. The second kappa shape index (κ2) is 5.89. The summed E-state index contributed by atoms with van der Waals surface area (Å²) in [5.74, 6) is 0.729.